The highest BCUT2D eigenvalue weighted by Crippen LogP contribution is 2.26. The summed E-state index contributed by atoms with van der Waals surface area (Å²) in [7, 11) is 0. The van der Waals surface area contributed by atoms with Crippen LogP contribution in [0.3, 0.4) is 0 Å². The van der Waals surface area contributed by atoms with E-state index in [2.05, 4.69) is 20.8 Å². The SMILES string of the molecule is Cc1csc(SCc2ccc(C(=O)NNC(=O)c3c[nH]c4ccccc34)cc2)n1. The molecule has 4 aromatic rings. The topological polar surface area (TPSA) is 86.9 Å². The molecule has 3 N–H and O–H groups in total. The maximum atomic E-state index is 12.4. The van der Waals surface area contributed by atoms with Crippen molar-refractivity contribution in [2.45, 2.75) is 17.0 Å². The Morgan fingerprint density at radius 1 is 1.07 bits per heavy atom. The predicted molar refractivity (Wildman–Crippen MR) is 116 cm³/mol. The van der Waals surface area contributed by atoms with Gasteiger partial charge < -0.3 is 4.98 Å². The van der Waals surface area contributed by atoms with Gasteiger partial charge in [-0.2, -0.15) is 0 Å². The van der Waals surface area contributed by atoms with Crippen LogP contribution < -0.4 is 10.9 Å². The van der Waals surface area contributed by atoms with Crippen molar-refractivity contribution in [1.82, 2.24) is 20.8 Å². The molecule has 0 aliphatic heterocycles. The lowest BCUT2D eigenvalue weighted by atomic mass is 10.1. The number of thioether (sulfide) groups is 1. The van der Waals surface area contributed by atoms with Crippen LogP contribution >= 0.6 is 23.1 Å². The Kier molecular flexibility index (Phi) is 5.64. The lowest BCUT2D eigenvalue weighted by molar-refractivity contribution is 0.0847. The number of H-pyrrole nitrogens is 1. The van der Waals surface area contributed by atoms with Crippen molar-refractivity contribution in [3.63, 3.8) is 0 Å². The third kappa shape index (κ3) is 4.49. The Morgan fingerprint density at radius 3 is 2.59 bits per heavy atom. The fourth-order valence-corrected chi connectivity index (χ4v) is 4.61. The molecule has 0 unspecified atom stereocenters. The van der Waals surface area contributed by atoms with Gasteiger partial charge in [0.1, 0.15) is 4.34 Å². The Bertz CT molecular complexity index is 1160. The van der Waals surface area contributed by atoms with E-state index in [4.69, 9.17) is 0 Å². The molecule has 0 saturated carbocycles. The van der Waals surface area contributed by atoms with Crippen LogP contribution in [-0.2, 0) is 5.75 Å². The molecule has 146 valence electrons. The second-order valence-corrected chi connectivity index (χ2v) is 8.48. The number of carbonyl (C=O) groups excluding carboxylic acids is 2. The maximum Gasteiger partial charge on any atom is 0.271 e. The first-order valence-corrected chi connectivity index (χ1v) is 10.8. The first-order valence-electron chi connectivity index (χ1n) is 8.91. The Hall–Kier alpha value is -3.10. The van der Waals surface area contributed by atoms with E-state index in [1.165, 1.54) is 0 Å². The van der Waals surface area contributed by atoms with Crippen LogP contribution in [0.25, 0.3) is 10.9 Å². The summed E-state index contributed by atoms with van der Waals surface area (Å²) in [6.45, 7) is 1.98. The summed E-state index contributed by atoms with van der Waals surface area (Å²) in [5.41, 5.74) is 8.88. The van der Waals surface area contributed by atoms with E-state index < -0.39 is 0 Å². The molecule has 0 spiro atoms. The average Bonchev–Trinajstić information content (AvgIpc) is 3.36. The lowest BCUT2D eigenvalue weighted by Crippen LogP contribution is -2.41. The quantitative estimate of drug-likeness (QED) is 0.331. The second kappa shape index (κ2) is 8.50. The molecule has 0 saturated heterocycles. The summed E-state index contributed by atoms with van der Waals surface area (Å²) < 4.78 is 1.03. The molecule has 2 amide bonds. The van der Waals surface area contributed by atoms with Crippen LogP contribution in [0.5, 0.6) is 0 Å². The minimum Gasteiger partial charge on any atom is -0.360 e. The van der Waals surface area contributed by atoms with Crippen LogP contribution in [0.4, 0.5) is 0 Å². The first-order chi connectivity index (χ1) is 14.1. The Morgan fingerprint density at radius 2 is 1.83 bits per heavy atom. The Balaban J connectivity index is 1.33. The molecule has 8 heteroatoms. The molecule has 4 rings (SSSR count). The number of benzene rings is 2. The third-order valence-corrected chi connectivity index (χ3v) is 6.51. The number of amides is 2. The second-order valence-electron chi connectivity index (χ2n) is 6.40. The highest BCUT2D eigenvalue weighted by Gasteiger charge is 2.13. The molecule has 0 atom stereocenters. The van der Waals surface area contributed by atoms with Crippen molar-refractivity contribution < 1.29 is 9.59 Å². The van der Waals surface area contributed by atoms with E-state index >= 15 is 0 Å². The van der Waals surface area contributed by atoms with Gasteiger partial charge in [0.05, 0.1) is 5.56 Å². The van der Waals surface area contributed by atoms with Crippen LogP contribution in [-0.4, -0.2) is 21.8 Å². The van der Waals surface area contributed by atoms with Gasteiger partial charge in [-0.05, 0) is 30.7 Å². The zero-order valence-electron chi connectivity index (χ0n) is 15.6. The lowest BCUT2D eigenvalue weighted by Gasteiger charge is -2.07. The molecule has 2 aromatic carbocycles. The van der Waals surface area contributed by atoms with E-state index in [0.29, 0.717) is 11.1 Å². The van der Waals surface area contributed by atoms with Crippen LogP contribution in [0, 0.1) is 6.92 Å². The van der Waals surface area contributed by atoms with E-state index in [1.807, 2.05) is 48.7 Å². The van der Waals surface area contributed by atoms with Crippen molar-refractivity contribution in [1.29, 1.82) is 0 Å². The number of fused-ring (bicyclic) bond motifs is 1. The molecule has 6 nitrogen and oxygen atoms in total. The molecule has 0 radical (unpaired) electrons. The number of aromatic nitrogens is 2. The van der Waals surface area contributed by atoms with Gasteiger partial charge in [0.2, 0.25) is 0 Å². The van der Waals surface area contributed by atoms with Crippen molar-refractivity contribution in [2.75, 3.05) is 0 Å². The monoisotopic (exact) mass is 422 g/mol. The van der Waals surface area contributed by atoms with E-state index in [-0.39, 0.29) is 11.8 Å². The standard InChI is InChI=1S/C21H18N4O2S2/c1-13-11-28-21(23-13)29-12-14-6-8-15(9-7-14)19(26)24-25-20(27)17-10-22-18-5-3-2-4-16(17)18/h2-11,22H,12H2,1H3,(H,24,26)(H,25,27). The van der Waals surface area contributed by atoms with Gasteiger partial charge in [-0.3, -0.25) is 20.4 Å². The highest BCUT2D eigenvalue weighted by atomic mass is 32.2. The largest absolute Gasteiger partial charge is 0.360 e. The zero-order valence-corrected chi connectivity index (χ0v) is 17.2. The van der Waals surface area contributed by atoms with Crippen molar-refractivity contribution in [2.24, 2.45) is 0 Å². The summed E-state index contributed by atoms with van der Waals surface area (Å²) in [4.78, 5) is 32.2. The zero-order chi connectivity index (χ0) is 20.2. The first kappa shape index (κ1) is 19.2. The summed E-state index contributed by atoms with van der Waals surface area (Å²) in [6.07, 6.45) is 1.63. The van der Waals surface area contributed by atoms with Crippen molar-refractivity contribution >= 4 is 45.8 Å². The molecule has 29 heavy (non-hydrogen) atoms. The van der Waals surface area contributed by atoms with Gasteiger partial charge in [-0.25, -0.2) is 4.98 Å². The maximum absolute atomic E-state index is 12.4. The number of nitrogens with one attached hydrogen (secondary N) is 3. The van der Waals surface area contributed by atoms with Gasteiger partial charge >= 0.3 is 0 Å². The number of nitrogens with zero attached hydrogens (tertiary/aromatic N) is 1. The number of carbonyl (C=O) groups is 2. The van der Waals surface area contributed by atoms with Gasteiger partial charge in [-0.15, -0.1) is 11.3 Å². The van der Waals surface area contributed by atoms with Crippen LogP contribution in [0.2, 0.25) is 0 Å². The number of para-hydroxylation sites is 1. The highest BCUT2D eigenvalue weighted by molar-refractivity contribution is 8.00. The smallest absolute Gasteiger partial charge is 0.271 e. The fourth-order valence-electron chi connectivity index (χ4n) is 2.81. The molecule has 0 aliphatic carbocycles. The number of thiazole rings is 1. The summed E-state index contributed by atoms with van der Waals surface area (Å²) in [5.74, 6) is 0.0436. The molecule has 0 fully saturated rings. The van der Waals surface area contributed by atoms with Crippen molar-refractivity contribution in [3.8, 4) is 0 Å². The summed E-state index contributed by atoms with van der Waals surface area (Å²) in [6, 6.07) is 14.8. The molecule has 2 heterocycles. The molecule has 2 aromatic heterocycles. The summed E-state index contributed by atoms with van der Waals surface area (Å²) in [5, 5.41) is 2.83. The third-order valence-electron chi connectivity index (χ3n) is 4.30. The van der Waals surface area contributed by atoms with Crippen LogP contribution in [0.1, 0.15) is 32.0 Å². The number of hydrazine groups is 1. The van der Waals surface area contributed by atoms with E-state index in [9.17, 15) is 9.59 Å². The molecular formula is C21H18N4O2S2. The minimum atomic E-state index is -0.373. The van der Waals surface area contributed by atoms with Crippen molar-refractivity contribution in [3.05, 3.63) is 82.5 Å². The molecule has 0 bridgehead atoms. The normalized spacial score (nSPS) is 10.8. The minimum absolute atomic E-state index is 0.368. The van der Waals surface area contributed by atoms with Gasteiger partial charge in [0, 0.05) is 39.5 Å². The van der Waals surface area contributed by atoms with Crippen LogP contribution in [0.15, 0.2) is 64.4 Å². The number of aryl methyl sites for hydroxylation is 1. The molecular weight excluding hydrogens is 404 g/mol. The number of rotatable bonds is 5. The molecule has 0 aliphatic rings. The fraction of sp³-hybridized carbons (Fsp3) is 0.0952. The van der Waals surface area contributed by atoms with E-state index in [0.717, 1.165) is 32.3 Å². The van der Waals surface area contributed by atoms with E-state index in [1.54, 1.807) is 41.4 Å². The van der Waals surface area contributed by atoms with Gasteiger partial charge in [0.15, 0.2) is 0 Å². The number of aromatic amines is 1. The van der Waals surface area contributed by atoms with Gasteiger partial charge in [0.25, 0.3) is 11.8 Å². The predicted octanol–water partition coefficient (Wildman–Crippen LogP) is 4.30. The number of hydrogen-bond donors (Lipinski definition) is 3. The number of hydrogen-bond acceptors (Lipinski definition) is 5. The average molecular weight is 423 g/mol. The summed E-state index contributed by atoms with van der Waals surface area (Å²) >= 11 is 3.30. The van der Waals surface area contributed by atoms with Gasteiger partial charge in [-0.1, -0.05) is 42.1 Å². The Labute approximate surface area is 175 Å².